The number of thiol groups is 1. The van der Waals surface area contributed by atoms with Crippen LogP contribution in [0.15, 0.2) is 17.5 Å². The maximum absolute atomic E-state index is 5.95. The smallest absolute Gasteiger partial charge is 0.0530 e. The lowest BCUT2D eigenvalue weighted by molar-refractivity contribution is 0.0490. The molecule has 102 valence electrons. The molecule has 0 N–H and O–H groups in total. The van der Waals surface area contributed by atoms with E-state index in [9.17, 15) is 0 Å². The summed E-state index contributed by atoms with van der Waals surface area (Å²) < 4.78 is 5.95. The van der Waals surface area contributed by atoms with Gasteiger partial charge in [0, 0.05) is 16.7 Å². The van der Waals surface area contributed by atoms with Crippen molar-refractivity contribution in [2.24, 2.45) is 5.41 Å². The third-order valence-electron chi connectivity index (χ3n) is 3.98. The van der Waals surface area contributed by atoms with Gasteiger partial charge in [-0.15, -0.1) is 11.3 Å². The highest BCUT2D eigenvalue weighted by molar-refractivity contribution is 7.80. The Kier molecular flexibility index (Phi) is 6.06. The van der Waals surface area contributed by atoms with Gasteiger partial charge in [0.2, 0.25) is 0 Å². The van der Waals surface area contributed by atoms with Gasteiger partial charge >= 0.3 is 0 Å². The molecular formula is C15H24OS2. The molecule has 1 aliphatic rings. The molecular weight excluding hydrogens is 260 g/mol. The van der Waals surface area contributed by atoms with Crippen LogP contribution in [0.5, 0.6) is 0 Å². The molecule has 0 radical (unpaired) electrons. The number of thiophene rings is 1. The van der Waals surface area contributed by atoms with Crippen LogP contribution in [-0.2, 0) is 11.2 Å². The Hall–Kier alpha value is 0.01000. The Morgan fingerprint density at radius 3 is 2.61 bits per heavy atom. The van der Waals surface area contributed by atoms with E-state index in [-0.39, 0.29) is 0 Å². The fraction of sp³-hybridized carbons (Fsp3) is 0.733. The second-order valence-corrected chi connectivity index (χ2v) is 6.80. The molecule has 18 heavy (non-hydrogen) atoms. The van der Waals surface area contributed by atoms with Gasteiger partial charge < -0.3 is 4.74 Å². The molecule has 0 bridgehead atoms. The fourth-order valence-corrected chi connectivity index (χ4v) is 3.84. The molecule has 1 aromatic heterocycles. The molecule has 1 aromatic rings. The first-order chi connectivity index (χ1) is 8.85. The minimum Gasteiger partial charge on any atom is -0.380 e. The zero-order valence-electron chi connectivity index (χ0n) is 11.1. The van der Waals surface area contributed by atoms with Crippen molar-refractivity contribution in [3.63, 3.8) is 0 Å². The van der Waals surface area contributed by atoms with E-state index in [1.165, 1.54) is 43.4 Å². The van der Waals surface area contributed by atoms with E-state index in [4.69, 9.17) is 4.74 Å². The Labute approximate surface area is 120 Å². The zero-order chi connectivity index (χ0) is 12.7. The van der Waals surface area contributed by atoms with E-state index in [2.05, 4.69) is 30.1 Å². The second-order valence-electron chi connectivity index (χ2n) is 5.45. The highest BCUT2D eigenvalue weighted by atomic mass is 32.1. The van der Waals surface area contributed by atoms with Crippen molar-refractivity contribution >= 4 is 24.0 Å². The fourth-order valence-electron chi connectivity index (χ4n) is 2.74. The molecule has 1 aliphatic carbocycles. The molecule has 1 fully saturated rings. The van der Waals surface area contributed by atoms with E-state index in [0.717, 1.165) is 25.4 Å². The number of hydrogen-bond acceptors (Lipinski definition) is 3. The Balaban J connectivity index is 1.72. The highest BCUT2D eigenvalue weighted by Gasteiger charge is 2.29. The van der Waals surface area contributed by atoms with Gasteiger partial charge in [0.1, 0.15) is 0 Å². The molecule has 0 atom stereocenters. The summed E-state index contributed by atoms with van der Waals surface area (Å²) in [6.45, 7) is 1.76. The third-order valence-corrected chi connectivity index (χ3v) is 5.59. The quantitative estimate of drug-likeness (QED) is 0.457. The lowest BCUT2D eigenvalue weighted by atomic mass is 9.83. The van der Waals surface area contributed by atoms with Crippen molar-refractivity contribution in [2.45, 2.75) is 44.9 Å². The topological polar surface area (TPSA) is 9.23 Å². The van der Waals surface area contributed by atoms with Gasteiger partial charge in [-0.25, -0.2) is 0 Å². The summed E-state index contributed by atoms with van der Waals surface area (Å²) in [6.07, 6.45) is 9.16. The van der Waals surface area contributed by atoms with Crippen molar-refractivity contribution in [3.8, 4) is 0 Å². The number of rotatable bonds is 6. The standard InChI is InChI=1S/C15H24OS2/c17-13-15(8-3-1-2-4-9-15)12-16-10-7-14-6-5-11-18-14/h5-6,11,17H,1-4,7-10,12-13H2. The monoisotopic (exact) mass is 284 g/mol. The maximum atomic E-state index is 5.95. The van der Waals surface area contributed by atoms with Crippen LogP contribution >= 0.6 is 24.0 Å². The SMILES string of the molecule is SCC1(COCCc2cccs2)CCCCCC1. The van der Waals surface area contributed by atoms with Gasteiger partial charge in [-0.2, -0.15) is 12.6 Å². The molecule has 1 heterocycles. The molecule has 2 rings (SSSR count). The first kappa shape index (κ1) is 14.4. The first-order valence-corrected chi connectivity index (χ1v) is 8.57. The number of hydrogen-bond donors (Lipinski definition) is 1. The molecule has 0 amide bonds. The molecule has 1 saturated carbocycles. The normalized spacial score (nSPS) is 19.6. The predicted octanol–water partition coefficient (Wildman–Crippen LogP) is 4.58. The summed E-state index contributed by atoms with van der Waals surface area (Å²) in [5.41, 5.74) is 0.356. The average Bonchev–Trinajstić information content (AvgIpc) is 2.80. The summed E-state index contributed by atoms with van der Waals surface area (Å²) in [5.74, 6) is 0.978. The van der Waals surface area contributed by atoms with Crippen LogP contribution < -0.4 is 0 Å². The van der Waals surface area contributed by atoms with Crippen LogP contribution in [0.1, 0.15) is 43.4 Å². The minimum atomic E-state index is 0.356. The van der Waals surface area contributed by atoms with Crippen molar-refractivity contribution in [3.05, 3.63) is 22.4 Å². The van der Waals surface area contributed by atoms with Crippen LogP contribution in [0, 0.1) is 5.41 Å². The van der Waals surface area contributed by atoms with Gasteiger partial charge in [0.05, 0.1) is 13.2 Å². The van der Waals surface area contributed by atoms with Crippen LogP contribution in [0.4, 0.5) is 0 Å². The first-order valence-electron chi connectivity index (χ1n) is 7.06. The van der Waals surface area contributed by atoms with Crippen LogP contribution in [-0.4, -0.2) is 19.0 Å². The van der Waals surface area contributed by atoms with Crippen LogP contribution in [0.25, 0.3) is 0 Å². The van der Waals surface area contributed by atoms with Crippen LogP contribution in [0.2, 0.25) is 0 Å². The Bertz CT molecular complexity index is 313. The van der Waals surface area contributed by atoms with Gasteiger partial charge in [0.15, 0.2) is 0 Å². The molecule has 0 unspecified atom stereocenters. The Morgan fingerprint density at radius 1 is 1.22 bits per heavy atom. The Morgan fingerprint density at radius 2 is 2.00 bits per heavy atom. The number of ether oxygens (including phenoxy) is 1. The molecule has 0 aliphatic heterocycles. The largest absolute Gasteiger partial charge is 0.380 e. The van der Waals surface area contributed by atoms with E-state index < -0.39 is 0 Å². The van der Waals surface area contributed by atoms with Gasteiger partial charge in [0.25, 0.3) is 0 Å². The van der Waals surface area contributed by atoms with E-state index in [1.54, 1.807) is 0 Å². The summed E-state index contributed by atoms with van der Waals surface area (Å²) in [7, 11) is 0. The zero-order valence-corrected chi connectivity index (χ0v) is 12.8. The van der Waals surface area contributed by atoms with Gasteiger partial charge in [-0.1, -0.05) is 31.7 Å². The summed E-state index contributed by atoms with van der Waals surface area (Å²) in [6, 6.07) is 4.30. The molecule has 0 aromatic carbocycles. The van der Waals surface area contributed by atoms with Gasteiger partial charge in [-0.3, -0.25) is 0 Å². The highest BCUT2D eigenvalue weighted by Crippen LogP contribution is 2.36. The third kappa shape index (κ3) is 4.29. The maximum Gasteiger partial charge on any atom is 0.0530 e. The summed E-state index contributed by atoms with van der Waals surface area (Å²) in [4.78, 5) is 1.43. The lowest BCUT2D eigenvalue weighted by Crippen LogP contribution is -2.29. The average molecular weight is 284 g/mol. The van der Waals surface area contributed by atoms with Crippen molar-refractivity contribution in [2.75, 3.05) is 19.0 Å². The summed E-state index contributed by atoms with van der Waals surface area (Å²) in [5, 5.41) is 2.13. The van der Waals surface area contributed by atoms with Crippen molar-refractivity contribution in [1.29, 1.82) is 0 Å². The summed E-state index contributed by atoms with van der Waals surface area (Å²) >= 11 is 6.40. The minimum absolute atomic E-state index is 0.356. The van der Waals surface area contributed by atoms with Crippen molar-refractivity contribution in [1.82, 2.24) is 0 Å². The van der Waals surface area contributed by atoms with Gasteiger partial charge in [-0.05, 0) is 30.0 Å². The molecule has 3 heteroatoms. The molecule has 0 spiro atoms. The predicted molar refractivity (Wildman–Crippen MR) is 82.8 cm³/mol. The molecule has 1 nitrogen and oxygen atoms in total. The van der Waals surface area contributed by atoms with E-state index >= 15 is 0 Å². The molecule has 0 saturated heterocycles. The van der Waals surface area contributed by atoms with E-state index in [0.29, 0.717) is 5.41 Å². The van der Waals surface area contributed by atoms with E-state index in [1.807, 2.05) is 11.3 Å². The lowest BCUT2D eigenvalue weighted by Gasteiger charge is -2.30. The van der Waals surface area contributed by atoms with Crippen LogP contribution in [0.3, 0.4) is 0 Å². The second kappa shape index (κ2) is 7.56. The van der Waals surface area contributed by atoms with Crippen molar-refractivity contribution < 1.29 is 4.74 Å².